The van der Waals surface area contributed by atoms with Crippen LogP contribution in [0.4, 0.5) is 0 Å². The number of rotatable bonds is 0. The molecule has 14 heavy (non-hydrogen) atoms. The Morgan fingerprint density at radius 1 is 1.14 bits per heavy atom. The van der Waals surface area contributed by atoms with Crippen molar-refractivity contribution in [2.24, 2.45) is 0 Å². The first kappa shape index (κ1) is 7.83. The van der Waals surface area contributed by atoms with Gasteiger partial charge in [-0.15, -0.1) is 0 Å². The molecule has 0 amide bonds. The van der Waals surface area contributed by atoms with Gasteiger partial charge in [0.2, 0.25) is 5.28 Å². The van der Waals surface area contributed by atoms with Crippen molar-refractivity contribution in [1.82, 2.24) is 9.38 Å². The fraction of sp³-hybridized carbons (Fsp3) is 0. The van der Waals surface area contributed by atoms with Crippen LogP contribution in [0.15, 0.2) is 42.6 Å². The summed E-state index contributed by atoms with van der Waals surface area (Å²) in [5.74, 6) is 0. The van der Waals surface area contributed by atoms with Crippen LogP contribution in [-0.2, 0) is 0 Å². The van der Waals surface area contributed by atoms with Gasteiger partial charge in [-0.25, -0.2) is 4.98 Å². The van der Waals surface area contributed by atoms with Crippen molar-refractivity contribution in [1.29, 1.82) is 0 Å². The van der Waals surface area contributed by atoms with E-state index in [1.807, 2.05) is 28.7 Å². The lowest BCUT2D eigenvalue weighted by molar-refractivity contribution is 1.13. The highest BCUT2D eigenvalue weighted by Gasteiger charge is 2.04. The number of halogens is 1. The Labute approximate surface area is 85.8 Å². The first-order valence-electron chi connectivity index (χ1n) is 4.37. The van der Waals surface area contributed by atoms with Crippen LogP contribution in [0.1, 0.15) is 0 Å². The Morgan fingerprint density at radius 3 is 2.93 bits per heavy atom. The minimum Gasteiger partial charge on any atom is -0.285 e. The van der Waals surface area contributed by atoms with Crippen molar-refractivity contribution in [3.8, 4) is 0 Å². The molecular formula is C11H7ClN2. The van der Waals surface area contributed by atoms with Gasteiger partial charge in [0.25, 0.3) is 0 Å². The van der Waals surface area contributed by atoms with Gasteiger partial charge in [0.1, 0.15) is 0 Å². The van der Waals surface area contributed by atoms with Crippen LogP contribution in [0.3, 0.4) is 0 Å². The summed E-state index contributed by atoms with van der Waals surface area (Å²) in [6.07, 6.45) is 1.72. The van der Waals surface area contributed by atoms with Crippen LogP contribution in [0.2, 0.25) is 5.28 Å². The molecule has 0 aliphatic rings. The van der Waals surface area contributed by atoms with Gasteiger partial charge in [0.05, 0.1) is 11.0 Å². The summed E-state index contributed by atoms with van der Waals surface area (Å²) in [6, 6.07) is 12.2. The summed E-state index contributed by atoms with van der Waals surface area (Å²) in [6.45, 7) is 0. The van der Waals surface area contributed by atoms with Gasteiger partial charge in [0.15, 0.2) is 0 Å². The molecule has 68 valence electrons. The average molecular weight is 203 g/mol. The number of hydrogen-bond donors (Lipinski definition) is 0. The number of nitrogens with zero attached hydrogens (tertiary/aromatic N) is 2. The van der Waals surface area contributed by atoms with E-state index >= 15 is 0 Å². The van der Waals surface area contributed by atoms with Crippen LogP contribution >= 0.6 is 11.6 Å². The molecule has 0 N–H and O–H groups in total. The molecular weight excluding hydrogens is 196 g/mol. The number of aromatic nitrogens is 2. The maximum Gasteiger partial charge on any atom is 0.207 e. The Bertz CT molecular complexity index is 613. The van der Waals surface area contributed by atoms with E-state index in [-0.39, 0.29) is 0 Å². The normalized spacial score (nSPS) is 11.2. The van der Waals surface area contributed by atoms with E-state index in [1.165, 1.54) is 5.39 Å². The second-order valence-corrected chi connectivity index (χ2v) is 3.52. The molecule has 2 aromatic heterocycles. The number of fused-ring (bicyclic) bond motifs is 3. The maximum atomic E-state index is 6.03. The molecule has 0 unspecified atom stereocenters. The predicted octanol–water partition coefficient (Wildman–Crippen LogP) is 3.14. The smallest absolute Gasteiger partial charge is 0.207 e. The molecule has 2 heterocycles. The van der Waals surface area contributed by atoms with Gasteiger partial charge in [-0.1, -0.05) is 18.2 Å². The second kappa shape index (κ2) is 2.72. The van der Waals surface area contributed by atoms with Gasteiger partial charge < -0.3 is 0 Å². The average Bonchev–Trinajstić information content (AvgIpc) is 2.57. The number of benzene rings is 1. The lowest BCUT2D eigenvalue weighted by Crippen LogP contribution is -1.88. The molecule has 0 saturated carbocycles. The molecule has 0 radical (unpaired) electrons. The van der Waals surface area contributed by atoms with Gasteiger partial charge >= 0.3 is 0 Å². The van der Waals surface area contributed by atoms with Gasteiger partial charge in [-0.3, -0.25) is 4.40 Å². The molecule has 3 rings (SSSR count). The topological polar surface area (TPSA) is 17.3 Å². The monoisotopic (exact) mass is 202 g/mol. The zero-order valence-corrected chi connectivity index (χ0v) is 8.07. The van der Waals surface area contributed by atoms with Crippen LogP contribution < -0.4 is 0 Å². The minimum absolute atomic E-state index is 0.503. The lowest BCUT2D eigenvalue weighted by Gasteiger charge is -1.97. The van der Waals surface area contributed by atoms with Gasteiger partial charge in [-0.2, -0.15) is 0 Å². The maximum absolute atomic E-state index is 6.03. The van der Waals surface area contributed by atoms with Gasteiger partial charge in [-0.05, 0) is 29.8 Å². The van der Waals surface area contributed by atoms with Crippen LogP contribution in [-0.4, -0.2) is 9.38 Å². The van der Waals surface area contributed by atoms with Crippen molar-refractivity contribution >= 4 is 28.0 Å². The van der Waals surface area contributed by atoms with Crippen LogP contribution in [0, 0.1) is 0 Å². The largest absolute Gasteiger partial charge is 0.285 e. The second-order valence-electron chi connectivity index (χ2n) is 3.18. The Kier molecular flexibility index (Phi) is 1.52. The number of hydrogen-bond acceptors (Lipinski definition) is 1. The first-order chi connectivity index (χ1) is 6.86. The molecule has 0 spiro atoms. The third-order valence-electron chi connectivity index (χ3n) is 2.35. The third kappa shape index (κ3) is 0.946. The number of para-hydroxylation sites is 1. The first-order valence-corrected chi connectivity index (χ1v) is 4.75. The SMILES string of the molecule is Clc1nccc2cc3ccccc3n12. The van der Waals surface area contributed by atoms with E-state index in [2.05, 4.69) is 17.1 Å². The Hall–Kier alpha value is -1.54. The molecule has 0 bridgehead atoms. The van der Waals surface area contributed by atoms with Crippen molar-refractivity contribution < 1.29 is 0 Å². The van der Waals surface area contributed by atoms with E-state index in [1.54, 1.807) is 6.20 Å². The summed E-state index contributed by atoms with van der Waals surface area (Å²) >= 11 is 6.03. The van der Waals surface area contributed by atoms with Crippen molar-refractivity contribution in [3.63, 3.8) is 0 Å². The summed E-state index contributed by atoms with van der Waals surface area (Å²) in [4.78, 5) is 4.06. The van der Waals surface area contributed by atoms with E-state index in [0.29, 0.717) is 5.28 Å². The fourth-order valence-electron chi connectivity index (χ4n) is 1.74. The fourth-order valence-corrected chi connectivity index (χ4v) is 1.98. The zero-order valence-electron chi connectivity index (χ0n) is 7.31. The molecule has 0 fully saturated rings. The van der Waals surface area contributed by atoms with E-state index < -0.39 is 0 Å². The summed E-state index contributed by atoms with van der Waals surface area (Å²) < 4.78 is 1.94. The molecule has 0 aliphatic carbocycles. The molecule has 0 atom stereocenters. The highest BCUT2D eigenvalue weighted by Crippen LogP contribution is 2.22. The van der Waals surface area contributed by atoms with E-state index in [0.717, 1.165) is 11.0 Å². The molecule has 3 heteroatoms. The quantitative estimate of drug-likeness (QED) is 0.512. The summed E-state index contributed by atoms with van der Waals surface area (Å²) in [5, 5.41) is 1.69. The van der Waals surface area contributed by atoms with Crippen LogP contribution in [0.5, 0.6) is 0 Å². The standard InChI is InChI=1S/C11H7ClN2/c12-11-13-6-5-9-7-8-3-1-2-4-10(8)14(9)11/h1-7H. The van der Waals surface area contributed by atoms with Crippen molar-refractivity contribution in [2.75, 3.05) is 0 Å². The third-order valence-corrected chi connectivity index (χ3v) is 2.62. The highest BCUT2D eigenvalue weighted by molar-refractivity contribution is 6.29. The lowest BCUT2D eigenvalue weighted by atomic mass is 10.2. The van der Waals surface area contributed by atoms with E-state index in [4.69, 9.17) is 11.6 Å². The Morgan fingerprint density at radius 2 is 2.00 bits per heavy atom. The summed E-state index contributed by atoms with van der Waals surface area (Å²) in [7, 11) is 0. The zero-order chi connectivity index (χ0) is 9.54. The van der Waals surface area contributed by atoms with E-state index in [9.17, 15) is 0 Å². The molecule has 2 nitrogen and oxygen atoms in total. The Balaban J connectivity index is 2.65. The van der Waals surface area contributed by atoms with Gasteiger partial charge in [0, 0.05) is 11.6 Å². The molecule has 0 saturated heterocycles. The van der Waals surface area contributed by atoms with Crippen LogP contribution in [0.25, 0.3) is 16.4 Å². The predicted molar refractivity (Wildman–Crippen MR) is 57.7 cm³/mol. The van der Waals surface area contributed by atoms with Crippen molar-refractivity contribution in [2.45, 2.75) is 0 Å². The molecule has 3 aromatic rings. The minimum atomic E-state index is 0.503. The highest BCUT2D eigenvalue weighted by atomic mass is 35.5. The summed E-state index contributed by atoms with van der Waals surface area (Å²) in [5.41, 5.74) is 2.17. The molecule has 0 aliphatic heterocycles. The van der Waals surface area contributed by atoms with Crippen molar-refractivity contribution in [3.05, 3.63) is 47.9 Å². The molecule has 1 aromatic carbocycles.